The first-order valence-electron chi connectivity index (χ1n) is 5.93. The molecule has 1 atom stereocenters. The Bertz CT molecular complexity index is 198. The van der Waals surface area contributed by atoms with Gasteiger partial charge in [-0.1, -0.05) is 51.9 Å². The molecule has 0 aromatic heterocycles. The molecular formula is C10H23O5P. The molecule has 0 fully saturated rings. The van der Waals surface area contributed by atoms with Gasteiger partial charge in [0, 0.05) is 0 Å². The molecular weight excluding hydrogens is 231 g/mol. The monoisotopic (exact) mass is 254 g/mol. The van der Waals surface area contributed by atoms with Crippen molar-refractivity contribution in [1.29, 1.82) is 0 Å². The Morgan fingerprint density at radius 3 is 2.00 bits per heavy atom. The number of phosphoric acid groups is 1. The molecule has 6 heteroatoms. The average Bonchev–Trinajstić information content (AvgIpc) is 2.27. The van der Waals surface area contributed by atoms with E-state index in [0.717, 1.165) is 12.8 Å². The van der Waals surface area contributed by atoms with Crippen molar-refractivity contribution in [2.45, 2.75) is 58.3 Å². The summed E-state index contributed by atoms with van der Waals surface area (Å²) < 4.78 is 18.4. The van der Waals surface area contributed by atoms with E-state index in [4.69, 9.17) is 10.2 Å². The second kappa shape index (κ2) is 10.2. The summed E-state index contributed by atoms with van der Waals surface area (Å²) in [5.41, 5.74) is 0. The highest BCUT2D eigenvalue weighted by Gasteiger charge is 2.19. The third-order valence-corrected chi connectivity index (χ3v) is 3.07. The summed E-state index contributed by atoms with van der Waals surface area (Å²) in [4.78, 5) is 8.68. The second-order valence-electron chi connectivity index (χ2n) is 3.86. The Hall–Kier alpha value is 0.0700. The van der Waals surface area contributed by atoms with E-state index < -0.39 is 7.82 Å². The molecule has 5 nitrogen and oxygen atoms in total. The van der Waals surface area contributed by atoms with Crippen LogP contribution in [0.2, 0.25) is 0 Å². The van der Waals surface area contributed by atoms with Crippen molar-refractivity contribution >= 4 is 7.82 Å². The quantitative estimate of drug-likeness (QED) is 0.254. The van der Waals surface area contributed by atoms with Gasteiger partial charge in [0.25, 0.3) is 0 Å². The van der Waals surface area contributed by atoms with E-state index in [2.05, 4.69) is 16.1 Å². The molecule has 0 aliphatic heterocycles. The fraction of sp³-hybridized carbons (Fsp3) is 1.00. The Kier molecular flexibility index (Phi) is 10.3. The van der Waals surface area contributed by atoms with Crippen LogP contribution in [-0.2, 0) is 13.8 Å². The standard InChI is InChI=1S/C10H23O5P/c1-2-3-4-5-6-7-8-9-10-14-16(12,13)15-11/h11H,2-10H2,1H3,(H,12,13). The first kappa shape index (κ1) is 16.1. The lowest BCUT2D eigenvalue weighted by Crippen LogP contribution is -1.94. The van der Waals surface area contributed by atoms with Gasteiger partial charge in [-0.25, -0.2) is 9.82 Å². The fourth-order valence-electron chi connectivity index (χ4n) is 1.44. The van der Waals surface area contributed by atoms with E-state index in [-0.39, 0.29) is 6.61 Å². The lowest BCUT2D eigenvalue weighted by atomic mass is 10.1. The van der Waals surface area contributed by atoms with Gasteiger partial charge in [0.05, 0.1) is 6.61 Å². The molecule has 0 rings (SSSR count). The van der Waals surface area contributed by atoms with Gasteiger partial charge < -0.3 is 4.89 Å². The summed E-state index contributed by atoms with van der Waals surface area (Å²) in [7, 11) is -4.19. The Morgan fingerprint density at radius 1 is 1.00 bits per heavy atom. The first-order chi connectivity index (χ1) is 7.62. The summed E-state index contributed by atoms with van der Waals surface area (Å²) in [6.45, 7) is 2.33. The summed E-state index contributed by atoms with van der Waals surface area (Å²) in [5.74, 6) is 0. The Labute approximate surface area is 97.3 Å². The minimum atomic E-state index is -4.19. The predicted molar refractivity (Wildman–Crippen MR) is 62.1 cm³/mol. The van der Waals surface area contributed by atoms with Crippen LogP contribution in [0.3, 0.4) is 0 Å². The first-order valence-corrected chi connectivity index (χ1v) is 7.42. The van der Waals surface area contributed by atoms with Crippen molar-refractivity contribution < 1.29 is 23.9 Å². The lowest BCUT2D eigenvalue weighted by Gasteiger charge is -2.06. The molecule has 0 saturated heterocycles. The van der Waals surface area contributed by atoms with Crippen LogP contribution in [0.25, 0.3) is 0 Å². The molecule has 0 aliphatic carbocycles. The van der Waals surface area contributed by atoms with Crippen molar-refractivity contribution in [1.82, 2.24) is 0 Å². The second-order valence-corrected chi connectivity index (χ2v) is 5.22. The van der Waals surface area contributed by atoms with Gasteiger partial charge in [-0.3, -0.25) is 4.52 Å². The smallest absolute Gasteiger partial charge is 0.301 e. The van der Waals surface area contributed by atoms with Crippen LogP contribution in [0.4, 0.5) is 0 Å². The zero-order valence-corrected chi connectivity index (χ0v) is 10.8. The highest BCUT2D eigenvalue weighted by Crippen LogP contribution is 2.41. The van der Waals surface area contributed by atoms with Crippen LogP contribution in [0.5, 0.6) is 0 Å². The van der Waals surface area contributed by atoms with Crippen molar-refractivity contribution in [2.24, 2.45) is 0 Å². The predicted octanol–water partition coefficient (Wildman–Crippen LogP) is 3.73. The third-order valence-electron chi connectivity index (χ3n) is 2.36. The van der Waals surface area contributed by atoms with E-state index in [1.165, 1.54) is 32.1 Å². The maximum Gasteiger partial charge on any atom is 0.499 e. The van der Waals surface area contributed by atoms with Crippen LogP contribution < -0.4 is 0 Å². The topological polar surface area (TPSA) is 76.0 Å². The summed E-state index contributed by atoms with van der Waals surface area (Å²) >= 11 is 0. The van der Waals surface area contributed by atoms with Crippen molar-refractivity contribution in [2.75, 3.05) is 6.61 Å². The number of phosphoric ester groups is 1. The summed E-state index contributed by atoms with van der Waals surface area (Å²) in [6.07, 6.45) is 9.09. The number of hydrogen-bond donors (Lipinski definition) is 2. The highest BCUT2D eigenvalue weighted by molar-refractivity contribution is 7.47. The SMILES string of the molecule is CCCCCCCCCCOP(=O)(O)OO. The highest BCUT2D eigenvalue weighted by atomic mass is 31.2. The molecule has 16 heavy (non-hydrogen) atoms. The van der Waals surface area contributed by atoms with Crippen molar-refractivity contribution in [3.8, 4) is 0 Å². The Morgan fingerprint density at radius 2 is 1.50 bits per heavy atom. The van der Waals surface area contributed by atoms with Crippen LogP contribution in [-0.4, -0.2) is 16.8 Å². The summed E-state index contributed by atoms with van der Waals surface area (Å²) in [6, 6.07) is 0. The van der Waals surface area contributed by atoms with Gasteiger partial charge in [-0.2, -0.15) is 0 Å². The molecule has 0 saturated carbocycles. The van der Waals surface area contributed by atoms with Gasteiger partial charge in [0.1, 0.15) is 0 Å². The zero-order chi connectivity index (χ0) is 12.3. The zero-order valence-electron chi connectivity index (χ0n) is 9.93. The molecule has 0 spiro atoms. The van der Waals surface area contributed by atoms with Crippen molar-refractivity contribution in [3.63, 3.8) is 0 Å². The average molecular weight is 254 g/mol. The summed E-state index contributed by atoms with van der Waals surface area (Å²) in [5, 5.41) is 7.98. The van der Waals surface area contributed by atoms with E-state index in [9.17, 15) is 4.57 Å². The maximum atomic E-state index is 10.7. The molecule has 1 unspecified atom stereocenters. The van der Waals surface area contributed by atoms with Gasteiger partial charge in [0.2, 0.25) is 0 Å². The molecule has 0 amide bonds. The number of rotatable bonds is 11. The minimum Gasteiger partial charge on any atom is -0.301 e. The maximum absolute atomic E-state index is 10.7. The van der Waals surface area contributed by atoms with Gasteiger partial charge in [-0.15, -0.1) is 4.67 Å². The molecule has 2 N–H and O–H groups in total. The van der Waals surface area contributed by atoms with E-state index >= 15 is 0 Å². The number of unbranched alkanes of at least 4 members (excludes halogenated alkanes) is 7. The van der Waals surface area contributed by atoms with Crippen LogP contribution in [0.1, 0.15) is 58.3 Å². The van der Waals surface area contributed by atoms with Crippen LogP contribution in [0.15, 0.2) is 0 Å². The number of hydrogen-bond acceptors (Lipinski definition) is 4. The molecule has 0 bridgehead atoms. The van der Waals surface area contributed by atoms with E-state index in [1.54, 1.807) is 0 Å². The van der Waals surface area contributed by atoms with Crippen molar-refractivity contribution in [3.05, 3.63) is 0 Å². The van der Waals surface area contributed by atoms with Gasteiger partial charge in [0.15, 0.2) is 0 Å². The molecule has 0 heterocycles. The lowest BCUT2D eigenvalue weighted by molar-refractivity contribution is -0.162. The van der Waals surface area contributed by atoms with Crippen LogP contribution in [0, 0.1) is 0 Å². The fourth-order valence-corrected chi connectivity index (χ4v) is 1.85. The Balaban J connectivity index is 3.13. The van der Waals surface area contributed by atoms with E-state index in [1.807, 2.05) is 0 Å². The van der Waals surface area contributed by atoms with Gasteiger partial charge in [-0.05, 0) is 6.42 Å². The molecule has 0 radical (unpaired) electrons. The largest absolute Gasteiger partial charge is 0.499 e. The molecule has 0 aromatic carbocycles. The third kappa shape index (κ3) is 10.6. The normalized spacial score (nSPS) is 14.9. The molecule has 0 aromatic rings. The van der Waals surface area contributed by atoms with Gasteiger partial charge >= 0.3 is 7.82 Å². The van der Waals surface area contributed by atoms with E-state index in [0.29, 0.717) is 6.42 Å². The minimum absolute atomic E-state index is 0.142. The molecule has 98 valence electrons. The molecule has 0 aliphatic rings. The van der Waals surface area contributed by atoms with Crippen LogP contribution >= 0.6 is 7.82 Å².